The molecule has 1 fully saturated rings. The van der Waals surface area contributed by atoms with E-state index in [1.807, 2.05) is 18.2 Å². The fraction of sp³-hybridized carbons (Fsp3) is 0.300. The van der Waals surface area contributed by atoms with Gasteiger partial charge in [0.15, 0.2) is 0 Å². The molecular formula is C20H21Cl2N3O4. The summed E-state index contributed by atoms with van der Waals surface area (Å²) in [5, 5.41) is 13.2. The summed E-state index contributed by atoms with van der Waals surface area (Å²) in [4.78, 5) is 26.5. The molecule has 0 atom stereocenters. The van der Waals surface area contributed by atoms with Crippen molar-refractivity contribution in [1.29, 1.82) is 0 Å². The highest BCUT2D eigenvalue weighted by molar-refractivity contribution is 6.36. The number of rotatable bonds is 5. The zero-order chi connectivity index (χ0) is 21.0. The first-order valence-corrected chi connectivity index (χ1v) is 9.78. The number of nitrogens with one attached hydrogen (secondary N) is 1. The number of carbonyl (C=O) groups excluding carboxylic acids is 1. The van der Waals surface area contributed by atoms with E-state index in [9.17, 15) is 9.59 Å². The Morgan fingerprint density at radius 2 is 1.69 bits per heavy atom. The number of carboxylic acid groups (broad SMARTS) is 1. The Labute approximate surface area is 178 Å². The molecule has 0 saturated carbocycles. The van der Waals surface area contributed by atoms with Gasteiger partial charge in [-0.15, -0.1) is 0 Å². The lowest BCUT2D eigenvalue weighted by atomic mass is 10.0. The van der Waals surface area contributed by atoms with Crippen molar-refractivity contribution >= 4 is 40.9 Å². The molecule has 1 aliphatic rings. The molecule has 0 spiro atoms. The van der Waals surface area contributed by atoms with Crippen molar-refractivity contribution in [2.75, 3.05) is 45.2 Å². The summed E-state index contributed by atoms with van der Waals surface area (Å²) in [6.45, 7) is 1.40. The molecule has 1 saturated heterocycles. The van der Waals surface area contributed by atoms with Crippen molar-refractivity contribution < 1.29 is 19.4 Å². The topological polar surface area (TPSA) is 82.1 Å². The van der Waals surface area contributed by atoms with Crippen LogP contribution >= 0.6 is 23.2 Å². The van der Waals surface area contributed by atoms with Crippen LogP contribution < -0.4 is 10.1 Å². The van der Waals surface area contributed by atoms with Gasteiger partial charge in [-0.05, 0) is 12.1 Å². The number of ether oxygens (including phenoxy) is 1. The lowest BCUT2D eigenvalue weighted by molar-refractivity contribution is -0.130. The molecule has 3 rings (SSSR count). The van der Waals surface area contributed by atoms with Gasteiger partial charge < -0.3 is 25.0 Å². The predicted octanol–water partition coefficient (Wildman–Crippen LogP) is 3.90. The zero-order valence-electron chi connectivity index (χ0n) is 15.8. The number of methoxy groups -OCH3 is 1. The minimum absolute atomic E-state index is 0.0486. The Balaban J connectivity index is 1.73. The average molecular weight is 438 g/mol. The Morgan fingerprint density at radius 1 is 1.03 bits per heavy atom. The molecule has 0 aliphatic carbocycles. The van der Waals surface area contributed by atoms with Gasteiger partial charge in [0.1, 0.15) is 5.75 Å². The van der Waals surface area contributed by atoms with Crippen molar-refractivity contribution in [3.8, 4) is 16.9 Å². The van der Waals surface area contributed by atoms with Crippen LogP contribution in [-0.2, 0) is 4.79 Å². The van der Waals surface area contributed by atoms with Crippen molar-refractivity contribution in [3.05, 3.63) is 46.4 Å². The number of halogens is 2. The number of carbonyl (C=O) groups is 2. The van der Waals surface area contributed by atoms with Crippen LogP contribution in [0.3, 0.4) is 0 Å². The van der Waals surface area contributed by atoms with Gasteiger partial charge in [-0.1, -0.05) is 41.4 Å². The van der Waals surface area contributed by atoms with Crippen LogP contribution in [0.15, 0.2) is 36.4 Å². The SMILES string of the molecule is COc1cc(Cl)c(-c2ccccc2Cl)cc1NCC(=O)N1CCN(C(=O)O)CC1. The molecule has 2 aromatic carbocycles. The van der Waals surface area contributed by atoms with E-state index in [-0.39, 0.29) is 12.5 Å². The van der Waals surface area contributed by atoms with Crippen LogP contribution in [0.2, 0.25) is 10.0 Å². The van der Waals surface area contributed by atoms with Crippen molar-refractivity contribution in [1.82, 2.24) is 9.80 Å². The van der Waals surface area contributed by atoms with Crippen LogP contribution in [0.25, 0.3) is 11.1 Å². The smallest absolute Gasteiger partial charge is 0.407 e. The summed E-state index contributed by atoms with van der Waals surface area (Å²) in [6.07, 6.45) is -0.965. The van der Waals surface area contributed by atoms with Gasteiger partial charge >= 0.3 is 6.09 Å². The van der Waals surface area contributed by atoms with E-state index in [4.69, 9.17) is 33.0 Å². The predicted molar refractivity (Wildman–Crippen MR) is 113 cm³/mol. The highest BCUT2D eigenvalue weighted by Gasteiger charge is 2.23. The lowest BCUT2D eigenvalue weighted by Gasteiger charge is -2.33. The Hall–Kier alpha value is -2.64. The second-order valence-electron chi connectivity index (χ2n) is 6.52. The van der Waals surface area contributed by atoms with Gasteiger partial charge in [-0.25, -0.2) is 4.79 Å². The summed E-state index contributed by atoms with van der Waals surface area (Å²) >= 11 is 12.7. The second-order valence-corrected chi connectivity index (χ2v) is 7.33. The number of hydrogen-bond donors (Lipinski definition) is 2. The van der Waals surface area contributed by atoms with E-state index in [0.29, 0.717) is 47.7 Å². The van der Waals surface area contributed by atoms with Gasteiger partial charge in [0, 0.05) is 48.4 Å². The molecule has 1 aliphatic heterocycles. The molecule has 7 nitrogen and oxygen atoms in total. The third-order valence-corrected chi connectivity index (χ3v) is 5.43. The number of nitrogens with zero attached hydrogens (tertiary/aromatic N) is 2. The van der Waals surface area contributed by atoms with Crippen molar-refractivity contribution in [3.63, 3.8) is 0 Å². The van der Waals surface area contributed by atoms with E-state index in [0.717, 1.165) is 11.1 Å². The van der Waals surface area contributed by atoms with Gasteiger partial charge in [0.05, 0.1) is 24.4 Å². The van der Waals surface area contributed by atoms with Crippen LogP contribution in [-0.4, -0.2) is 66.7 Å². The maximum atomic E-state index is 12.5. The van der Waals surface area contributed by atoms with E-state index < -0.39 is 6.09 Å². The first-order valence-electron chi connectivity index (χ1n) is 9.02. The van der Waals surface area contributed by atoms with Crippen LogP contribution in [0.1, 0.15) is 0 Å². The molecular weight excluding hydrogens is 417 g/mol. The van der Waals surface area contributed by atoms with Gasteiger partial charge in [0.25, 0.3) is 0 Å². The first kappa shape index (κ1) is 21.1. The molecule has 9 heteroatoms. The number of benzene rings is 2. The Morgan fingerprint density at radius 3 is 2.31 bits per heavy atom. The number of amides is 2. The summed E-state index contributed by atoms with van der Waals surface area (Å²) in [7, 11) is 1.53. The lowest BCUT2D eigenvalue weighted by Crippen LogP contribution is -2.51. The van der Waals surface area contributed by atoms with Gasteiger partial charge in [-0.3, -0.25) is 4.79 Å². The number of hydrogen-bond acceptors (Lipinski definition) is 4. The molecule has 2 N–H and O–H groups in total. The van der Waals surface area contributed by atoms with Crippen molar-refractivity contribution in [2.24, 2.45) is 0 Å². The molecule has 2 amide bonds. The summed E-state index contributed by atoms with van der Waals surface area (Å²) in [6, 6.07) is 10.8. The van der Waals surface area contributed by atoms with Gasteiger partial charge in [-0.2, -0.15) is 0 Å². The summed E-state index contributed by atoms with van der Waals surface area (Å²) < 4.78 is 5.39. The maximum Gasteiger partial charge on any atom is 0.407 e. The normalized spacial score (nSPS) is 13.9. The standard InChI is InChI=1S/C20H21Cl2N3O4/c1-29-18-11-16(22)14(13-4-2-3-5-15(13)21)10-17(18)23-12-19(26)24-6-8-25(9-7-24)20(27)28/h2-5,10-11,23H,6-9,12H2,1H3,(H,27,28). The Bertz CT molecular complexity index is 915. The van der Waals surface area contributed by atoms with Crippen LogP contribution in [0.4, 0.5) is 10.5 Å². The molecule has 0 bridgehead atoms. The molecule has 0 radical (unpaired) electrons. The summed E-state index contributed by atoms with van der Waals surface area (Å²) in [5.74, 6) is 0.389. The molecule has 0 aromatic heterocycles. The highest BCUT2D eigenvalue weighted by atomic mass is 35.5. The number of piperazine rings is 1. The Kier molecular flexibility index (Phi) is 6.71. The van der Waals surface area contributed by atoms with E-state index in [1.54, 1.807) is 23.1 Å². The monoisotopic (exact) mass is 437 g/mol. The quantitative estimate of drug-likeness (QED) is 0.740. The molecule has 2 aromatic rings. The maximum absolute atomic E-state index is 12.5. The van der Waals surface area contributed by atoms with Gasteiger partial charge in [0.2, 0.25) is 5.91 Å². The minimum atomic E-state index is -0.965. The highest BCUT2D eigenvalue weighted by Crippen LogP contribution is 2.39. The van der Waals surface area contributed by atoms with Crippen LogP contribution in [0.5, 0.6) is 5.75 Å². The van der Waals surface area contributed by atoms with Crippen LogP contribution in [0, 0.1) is 0 Å². The molecule has 29 heavy (non-hydrogen) atoms. The minimum Gasteiger partial charge on any atom is -0.495 e. The van der Waals surface area contributed by atoms with Crippen molar-refractivity contribution in [2.45, 2.75) is 0 Å². The van der Waals surface area contributed by atoms with E-state index >= 15 is 0 Å². The largest absolute Gasteiger partial charge is 0.495 e. The fourth-order valence-corrected chi connectivity index (χ4v) is 3.67. The first-order chi connectivity index (χ1) is 13.9. The number of anilines is 1. The fourth-order valence-electron chi connectivity index (χ4n) is 3.18. The van der Waals surface area contributed by atoms with E-state index in [1.165, 1.54) is 12.0 Å². The molecule has 0 unspecified atom stereocenters. The third-order valence-electron chi connectivity index (χ3n) is 4.79. The van der Waals surface area contributed by atoms with E-state index in [2.05, 4.69) is 5.32 Å². The third kappa shape index (κ3) is 4.86. The average Bonchev–Trinajstić information content (AvgIpc) is 2.73. The zero-order valence-corrected chi connectivity index (χ0v) is 17.3. The molecule has 1 heterocycles. The summed E-state index contributed by atoms with van der Waals surface area (Å²) in [5.41, 5.74) is 2.12. The molecule has 154 valence electrons. The second kappa shape index (κ2) is 9.24.